The Kier molecular flexibility index (Phi) is 4.79. The lowest BCUT2D eigenvalue weighted by Gasteiger charge is -2.19. The van der Waals surface area contributed by atoms with Crippen molar-refractivity contribution in [3.63, 3.8) is 0 Å². The molecule has 0 aliphatic heterocycles. The summed E-state index contributed by atoms with van der Waals surface area (Å²) in [6.07, 6.45) is 3.13. The maximum atomic E-state index is 13.7. The number of nitrogens with one attached hydrogen (secondary N) is 1. The van der Waals surface area contributed by atoms with Crippen LogP contribution in [0.15, 0.2) is 54.9 Å². The molecule has 1 atom stereocenters. The van der Waals surface area contributed by atoms with Gasteiger partial charge in [-0.2, -0.15) is 0 Å². The number of pyridine rings is 1. The first kappa shape index (κ1) is 16.7. The Labute approximate surface area is 145 Å². The van der Waals surface area contributed by atoms with Crippen molar-refractivity contribution in [1.29, 1.82) is 0 Å². The number of aryl methyl sites for hydroxylation is 2. The van der Waals surface area contributed by atoms with Crippen molar-refractivity contribution in [3.05, 3.63) is 89.0 Å². The number of halogens is 1. The average Bonchev–Trinajstić information content (AvgIpc) is 2.60. The van der Waals surface area contributed by atoms with Crippen LogP contribution >= 0.6 is 0 Å². The van der Waals surface area contributed by atoms with Crippen LogP contribution in [0.5, 0.6) is 0 Å². The molecule has 1 N–H and O–H groups in total. The van der Waals surface area contributed by atoms with Gasteiger partial charge >= 0.3 is 0 Å². The molecule has 0 aliphatic rings. The van der Waals surface area contributed by atoms with E-state index in [0.717, 1.165) is 0 Å². The second-order valence-corrected chi connectivity index (χ2v) is 5.63. The van der Waals surface area contributed by atoms with Crippen molar-refractivity contribution in [3.8, 4) is 0 Å². The van der Waals surface area contributed by atoms with Gasteiger partial charge in [-0.1, -0.05) is 18.2 Å². The average molecular weight is 336 g/mol. The highest BCUT2D eigenvalue weighted by atomic mass is 19.1. The van der Waals surface area contributed by atoms with Crippen LogP contribution < -0.4 is 5.32 Å². The first-order valence-corrected chi connectivity index (χ1v) is 7.82. The summed E-state index contributed by atoms with van der Waals surface area (Å²) in [5.74, 6) is -0.111. The molecule has 0 saturated carbocycles. The number of benzene rings is 1. The molecule has 0 bridgehead atoms. The molecule has 1 unspecified atom stereocenters. The number of hydrogen-bond acceptors (Lipinski definition) is 4. The molecule has 25 heavy (non-hydrogen) atoms. The van der Waals surface area contributed by atoms with E-state index in [9.17, 15) is 9.18 Å². The molecule has 6 heteroatoms. The molecule has 2 aromatic heterocycles. The molecule has 0 saturated heterocycles. The molecule has 2 heterocycles. The zero-order valence-corrected chi connectivity index (χ0v) is 13.9. The molecule has 1 amide bonds. The minimum absolute atomic E-state index is 0.336. The van der Waals surface area contributed by atoms with Crippen molar-refractivity contribution in [1.82, 2.24) is 20.3 Å². The highest BCUT2D eigenvalue weighted by Gasteiger charge is 2.21. The first-order valence-electron chi connectivity index (χ1n) is 7.82. The van der Waals surface area contributed by atoms with E-state index in [1.54, 1.807) is 44.3 Å². The Morgan fingerprint density at radius 3 is 2.64 bits per heavy atom. The van der Waals surface area contributed by atoms with Crippen molar-refractivity contribution in [2.24, 2.45) is 0 Å². The van der Waals surface area contributed by atoms with E-state index in [0.29, 0.717) is 28.3 Å². The first-order chi connectivity index (χ1) is 12.0. The highest BCUT2D eigenvalue weighted by molar-refractivity contribution is 5.95. The predicted octanol–water partition coefficient (Wildman–Crippen LogP) is 3.15. The van der Waals surface area contributed by atoms with Gasteiger partial charge < -0.3 is 5.32 Å². The molecular weight excluding hydrogens is 319 g/mol. The van der Waals surface area contributed by atoms with Gasteiger partial charge in [-0.3, -0.25) is 9.78 Å². The zero-order valence-electron chi connectivity index (χ0n) is 13.9. The SMILES string of the molecule is Cc1ncc(C(=O)NC(c2cccc(F)c2)c2ccccn2)c(C)n1. The molecule has 1 aromatic carbocycles. The lowest BCUT2D eigenvalue weighted by molar-refractivity contribution is 0.0940. The van der Waals surface area contributed by atoms with Gasteiger partial charge in [-0.25, -0.2) is 14.4 Å². The minimum Gasteiger partial charge on any atom is -0.339 e. The monoisotopic (exact) mass is 336 g/mol. The Morgan fingerprint density at radius 2 is 1.96 bits per heavy atom. The number of amides is 1. The van der Waals surface area contributed by atoms with Crippen LogP contribution in [0, 0.1) is 19.7 Å². The summed E-state index contributed by atoms with van der Waals surface area (Å²) in [6, 6.07) is 10.9. The number of aromatic nitrogens is 3. The third kappa shape index (κ3) is 3.85. The summed E-state index contributed by atoms with van der Waals surface area (Å²) in [7, 11) is 0. The van der Waals surface area contributed by atoms with Crippen LogP contribution in [-0.2, 0) is 0 Å². The molecule has 126 valence electrons. The fourth-order valence-electron chi connectivity index (χ4n) is 2.58. The van der Waals surface area contributed by atoms with Gasteiger partial charge in [0.1, 0.15) is 11.6 Å². The van der Waals surface area contributed by atoms with E-state index in [1.807, 2.05) is 6.07 Å². The summed E-state index contributed by atoms with van der Waals surface area (Å²) in [5, 5.41) is 2.91. The largest absolute Gasteiger partial charge is 0.339 e. The smallest absolute Gasteiger partial charge is 0.255 e. The van der Waals surface area contributed by atoms with Crippen molar-refractivity contribution >= 4 is 5.91 Å². The number of carbonyl (C=O) groups is 1. The van der Waals surface area contributed by atoms with E-state index >= 15 is 0 Å². The summed E-state index contributed by atoms with van der Waals surface area (Å²) in [5.41, 5.74) is 2.19. The van der Waals surface area contributed by atoms with Crippen LogP contribution in [0.4, 0.5) is 4.39 Å². The van der Waals surface area contributed by atoms with E-state index < -0.39 is 6.04 Å². The third-order valence-corrected chi connectivity index (χ3v) is 3.79. The van der Waals surface area contributed by atoms with Crippen molar-refractivity contribution < 1.29 is 9.18 Å². The highest BCUT2D eigenvalue weighted by Crippen LogP contribution is 2.22. The van der Waals surface area contributed by atoms with Gasteiger partial charge in [-0.15, -0.1) is 0 Å². The molecule has 3 aromatic rings. The summed E-state index contributed by atoms with van der Waals surface area (Å²) < 4.78 is 13.7. The summed E-state index contributed by atoms with van der Waals surface area (Å²) in [4.78, 5) is 25.3. The molecule has 0 spiro atoms. The standard InChI is InChI=1S/C19H17FN4O/c1-12-16(11-22-13(2)23-12)19(25)24-18(17-8-3-4-9-21-17)14-6-5-7-15(20)10-14/h3-11,18H,1-2H3,(H,24,25). The van der Waals surface area contributed by atoms with Crippen LogP contribution in [0.3, 0.4) is 0 Å². The fourth-order valence-corrected chi connectivity index (χ4v) is 2.58. The number of nitrogens with zero attached hydrogens (tertiary/aromatic N) is 3. The van der Waals surface area contributed by atoms with Crippen LogP contribution in [-0.4, -0.2) is 20.9 Å². The van der Waals surface area contributed by atoms with Crippen LogP contribution in [0.25, 0.3) is 0 Å². The van der Waals surface area contributed by atoms with E-state index in [2.05, 4.69) is 20.3 Å². The van der Waals surface area contributed by atoms with Gasteiger partial charge in [0.2, 0.25) is 0 Å². The molecular formula is C19H17FN4O. The van der Waals surface area contributed by atoms with Gasteiger partial charge in [0.25, 0.3) is 5.91 Å². The lowest BCUT2D eigenvalue weighted by atomic mass is 10.0. The quantitative estimate of drug-likeness (QED) is 0.795. The number of hydrogen-bond donors (Lipinski definition) is 1. The van der Waals surface area contributed by atoms with Gasteiger partial charge in [-0.05, 0) is 43.7 Å². The lowest BCUT2D eigenvalue weighted by Crippen LogP contribution is -2.30. The van der Waals surface area contributed by atoms with E-state index in [1.165, 1.54) is 18.3 Å². The molecule has 0 radical (unpaired) electrons. The van der Waals surface area contributed by atoms with Crippen LogP contribution in [0.2, 0.25) is 0 Å². The summed E-state index contributed by atoms with van der Waals surface area (Å²) in [6.45, 7) is 3.51. The Morgan fingerprint density at radius 1 is 1.12 bits per heavy atom. The van der Waals surface area contributed by atoms with Crippen LogP contribution in [0.1, 0.15) is 39.2 Å². The molecule has 3 rings (SSSR count). The molecule has 0 aliphatic carbocycles. The van der Waals surface area contributed by atoms with E-state index in [-0.39, 0.29) is 11.7 Å². The Bertz CT molecular complexity index is 899. The second-order valence-electron chi connectivity index (χ2n) is 5.63. The predicted molar refractivity (Wildman–Crippen MR) is 91.5 cm³/mol. The Hall–Kier alpha value is -3.15. The topological polar surface area (TPSA) is 67.8 Å². The summed E-state index contributed by atoms with van der Waals surface area (Å²) >= 11 is 0. The Balaban J connectivity index is 1.96. The maximum absolute atomic E-state index is 13.7. The van der Waals surface area contributed by atoms with Crippen molar-refractivity contribution in [2.75, 3.05) is 0 Å². The fraction of sp³-hybridized carbons (Fsp3) is 0.158. The van der Waals surface area contributed by atoms with Crippen molar-refractivity contribution in [2.45, 2.75) is 19.9 Å². The van der Waals surface area contributed by atoms with Gasteiger partial charge in [0.05, 0.1) is 23.0 Å². The minimum atomic E-state index is -0.579. The van der Waals surface area contributed by atoms with Gasteiger partial charge in [0, 0.05) is 12.4 Å². The maximum Gasteiger partial charge on any atom is 0.255 e. The van der Waals surface area contributed by atoms with Gasteiger partial charge in [0.15, 0.2) is 0 Å². The normalized spacial score (nSPS) is 11.8. The number of carbonyl (C=O) groups excluding carboxylic acids is 1. The zero-order chi connectivity index (χ0) is 17.8. The number of rotatable bonds is 4. The molecule has 0 fully saturated rings. The molecule has 5 nitrogen and oxygen atoms in total. The second kappa shape index (κ2) is 7.17. The third-order valence-electron chi connectivity index (χ3n) is 3.79. The van der Waals surface area contributed by atoms with E-state index in [4.69, 9.17) is 0 Å².